The van der Waals surface area contributed by atoms with Crippen molar-refractivity contribution >= 4 is 34.2 Å². The molecule has 0 atom stereocenters. The minimum atomic E-state index is -4.33. The Bertz CT molecular complexity index is 427. The molecule has 0 bridgehead atoms. The zero-order valence-electron chi connectivity index (χ0n) is 9.49. The maximum Gasteiger partial charge on any atom is 0.396 e. The monoisotopic (exact) mass is 378 g/mol. The highest BCUT2D eigenvalue weighted by molar-refractivity contribution is 14.1. The number of alkyl halides is 3. The SMILES string of the molecule is CC(C)(C)c1nc(CC(F)(F)F)nc(Cl)c1I. The molecule has 1 aromatic rings. The van der Waals surface area contributed by atoms with Gasteiger partial charge < -0.3 is 0 Å². The molecule has 0 radical (unpaired) electrons. The van der Waals surface area contributed by atoms with Gasteiger partial charge in [-0.1, -0.05) is 32.4 Å². The van der Waals surface area contributed by atoms with Crippen molar-refractivity contribution in [3.63, 3.8) is 0 Å². The van der Waals surface area contributed by atoms with Crippen LogP contribution in [0.3, 0.4) is 0 Å². The summed E-state index contributed by atoms with van der Waals surface area (Å²) in [6.07, 6.45) is -5.49. The van der Waals surface area contributed by atoms with Gasteiger partial charge in [-0.15, -0.1) is 0 Å². The Kier molecular flexibility index (Phi) is 4.28. The molecule has 0 fully saturated rings. The number of hydrogen-bond donors (Lipinski definition) is 0. The zero-order valence-corrected chi connectivity index (χ0v) is 12.4. The average Bonchev–Trinajstić information content (AvgIpc) is 2.06. The van der Waals surface area contributed by atoms with E-state index in [-0.39, 0.29) is 16.4 Å². The van der Waals surface area contributed by atoms with Crippen LogP contribution < -0.4 is 0 Å². The third-order valence-electron chi connectivity index (χ3n) is 1.93. The van der Waals surface area contributed by atoms with Gasteiger partial charge in [0.15, 0.2) is 0 Å². The van der Waals surface area contributed by atoms with Gasteiger partial charge in [0.2, 0.25) is 0 Å². The Morgan fingerprint density at radius 1 is 1.18 bits per heavy atom. The lowest BCUT2D eigenvalue weighted by molar-refractivity contribution is -0.128. The molecule has 0 aliphatic rings. The first-order valence-electron chi connectivity index (χ1n) is 4.80. The summed E-state index contributed by atoms with van der Waals surface area (Å²) in [7, 11) is 0. The Hall–Kier alpha value is -0.110. The highest BCUT2D eigenvalue weighted by Gasteiger charge is 2.31. The summed E-state index contributed by atoms with van der Waals surface area (Å²) in [6, 6.07) is 0. The van der Waals surface area contributed by atoms with Crippen LogP contribution in [0.1, 0.15) is 32.3 Å². The predicted molar refractivity (Wildman–Crippen MR) is 68.2 cm³/mol. The molecule has 0 saturated heterocycles. The molecule has 2 nitrogen and oxygen atoms in total. The third kappa shape index (κ3) is 4.24. The summed E-state index contributed by atoms with van der Waals surface area (Å²) in [6.45, 7) is 5.60. The summed E-state index contributed by atoms with van der Waals surface area (Å²) in [4.78, 5) is 7.63. The molecule has 0 aliphatic heterocycles. The van der Waals surface area contributed by atoms with E-state index in [0.29, 0.717) is 9.26 Å². The summed E-state index contributed by atoms with van der Waals surface area (Å²) in [5.41, 5.74) is 0.168. The molecule has 1 heterocycles. The van der Waals surface area contributed by atoms with Crippen LogP contribution in [0.4, 0.5) is 13.2 Å². The van der Waals surface area contributed by atoms with Crippen molar-refractivity contribution in [1.82, 2.24) is 9.97 Å². The topological polar surface area (TPSA) is 25.8 Å². The van der Waals surface area contributed by atoms with Crippen molar-refractivity contribution in [3.8, 4) is 0 Å². The maximum atomic E-state index is 12.3. The van der Waals surface area contributed by atoms with E-state index in [9.17, 15) is 13.2 Å². The Morgan fingerprint density at radius 3 is 2.12 bits per heavy atom. The van der Waals surface area contributed by atoms with Crippen LogP contribution in [-0.2, 0) is 11.8 Å². The number of aromatic nitrogens is 2. The van der Waals surface area contributed by atoms with Crippen LogP contribution in [0.5, 0.6) is 0 Å². The van der Waals surface area contributed by atoms with E-state index in [1.807, 2.05) is 43.4 Å². The van der Waals surface area contributed by atoms with E-state index >= 15 is 0 Å². The summed E-state index contributed by atoms with van der Waals surface area (Å²) >= 11 is 7.77. The van der Waals surface area contributed by atoms with E-state index in [0.717, 1.165) is 0 Å². The van der Waals surface area contributed by atoms with Gasteiger partial charge in [-0.2, -0.15) is 13.2 Å². The first kappa shape index (κ1) is 14.9. The van der Waals surface area contributed by atoms with E-state index in [1.54, 1.807) is 0 Å². The smallest absolute Gasteiger partial charge is 0.236 e. The molecule has 0 spiro atoms. The van der Waals surface area contributed by atoms with E-state index in [1.165, 1.54) is 0 Å². The summed E-state index contributed by atoms with van der Waals surface area (Å²) in [5, 5.41) is 0.0739. The number of halogens is 5. The maximum absolute atomic E-state index is 12.3. The lowest BCUT2D eigenvalue weighted by Crippen LogP contribution is -2.21. The van der Waals surface area contributed by atoms with Gasteiger partial charge in [0.05, 0.1) is 9.26 Å². The Labute approximate surface area is 116 Å². The van der Waals surface area contributed by atoms with Gasteiger partial charge in [0.25, 0.3) is 0 Å². The number of hydrogen-bond acceptors (Lipinski definition) is 2. The van der Waals surface area contributed by atoms with Crippen molar-refractivity contribution in [1.29, 1.82) is 0 Å². The van der Waals surface area contributed by atoms with Crippen LogP contribution >= 0.6 is 34.2 Å². The van der Waals surface area contributed by atoms with Crippen LogP contribution in [0, 0.1) is 3.57 Å². The van der Waals surface area contributed by atoms with Gasteiger partial charge in [-0.05, 0) is 22.6 Å². The van der Waals surface area contributed by atoms with E-state index in [2.05, 4.69) is 9.97 Å². The molecule has 0 aliphatic carbocycles. The first-order chi connectivity index (χ1) is 7.50. The fourth-order valence-corrected chi connectivity index (χ4v) is 2.46. The summed E-state index contributed by atoms with van der Waals surface area (Å²) < 4.78 is 37.4. The highest BCUT2D eigenvalue weighted by atomic mass is 127. The first-order valence-corrected chi connectivity index (χ1v) is 6.25. The third-order valence-corrected chi connectivity index (χ3v) is 3.54. The number of nitrogens with zero attached hydrogens (tertiary/aromatic N) is 2. The van der Waals surface area contributed by atoms with Gasteiger partial charge in [-0.25, -0.2) is 9.97 Å². The second kappa shape index (κ2) is 4.87. The Morgan fingerprint density at radius 2 is 1.71 bits per heavy atom. The van der Waals surface area contributed by atoms with Gasteiger partial charge in [-0.3, -0.25) is 0 Å². The minimum Gasteiger partial charge on any atom is -0.236 e. The van der Waals surface area contributed by atoms with Crippen LogP contribution in [0.25, 0.3) is 0 Å². The lowest BCUT2D eigenvalue weighted by Gasteiger charge is -2.20. The molecular weight excluding hydrogens is 367 g/mol. The van der Waals surface area contributed by atoms with Crippen molar-refractivity contribution in [2.24, 2.45) is 0 Å². The van der Waals surface area contributed by atoms with Gasteiger partial charge in [0, 0.05) is 5.41 Å². The molecule has 0 N–H and O–H groups in total. The molecule has 0 saturated carbocycles. The minimum absolute atomic E-state index is 0.0739. The predicted octanol–water partition coefficient (Wildman–Crippen LogP) is 4.14. The van der Waals surface area contributed by atoms with E-state index < -0.39 is 12.6 Å². The van der Waals surface area contributed by atoms with Crippen molar-refractivity contribution < 1.29 is 13.2 Å². The molecule has 96 valence electrons. The molecular formula is C10H11ClF3IN2. The standard InChI is InChI=1S/C10H11ClF3IN2/c1-9(2,3)7-6(15)8(11)17-5(16-7)4-10(12,13)14/h4H2,1-3H3. The second-order valence-corrected chi connectivity index (χ2v) is 6.07. The van der Waals surface area contributed by atoms with Gasteiger partial charge in [0.1, 0.15) is 17.4 Å². The van der Waals surface area contributed by atoms with Crippen LogP contribution in [0.15, 0.2) is 0 Å². The lowest BCUT2D eigenvalue weighted by atomic mass is 9.92. The van der Waals surface area contributed by atoms with Crippen LogP contribution in [0.2, 0.25) is 5.15 Å². The highest BCUT2D eigenvalue weighted by Crippen LogP contribution is 2.30. The van der Waals surface area contributed by atoms with Crippen LogP contribution in [-0.4, -0.2) is 16.1 Å². The molecule has 1 rings (SSSR count). The molecule has 1 aromatic heterocycles. The van der Waals surface area contributed by atoms with Crippen molar-refractivity contribution in [3.05, 3.63) is 20.2 Å². The average molecular weight is 379 g/mol. The molecule has 0 unspecified atom stereocenters. The summed E-state index contributed by atoms with van der Waals surface area (Å²) in [5.74, 6) is -0.284. The quantitative estimate of drug-likeness (QED) is 0.542. The zero-order chi connectivity index (χ0) is 13.4. The Balaban J connectivity index is 3.25. The largest absolute Gasteiger partial charge is 0.396 e. The second-order valence-electron chi connectivity index (χ2n) is 4.64. The van der Waals surface area contributed by atoms with E-state index in [4.69, 9.17) is 11.6 Å². The number of rotatable bonds is 1. The van der Waals surface area contributed by atoms with Crippen molar-refractivity contribution in [2.75, 3.05) is 0 Å². The van der Waals surface area contributed by atoms with Crippen molar-refractivity contribution in [2.45, 2.75) is 38.8 Å². The molecule has 0 aromatic carbocycles. The molecule has 17 heavy (non-hydrogen) atoms. The molecule has 7 heteroatoms. The van der Waals surface area contributed by atoms with Gasteiger partial charge >= 0.3 is 6.18 Å². The fraction of sp³-hybridized carbons (Fsp3) is 0.600. The molecule has 0 amide bonds. The normalized spacial score (nSPS) is 12.9. The fourth-order valence-electron chi connectivity index (χ4n) is 1.22.